The Kier molecular flexibility index (Phi) is 10.2. The summed E-state index contributed by atoms with van der Waals surface area (Å²) in [4.78, 5) is 34.8. The van der Waals surface area contributed by atoms with Gasteiger partial charge in [-0.3, -0.25) is 14.9 Å². The number of hydrogen-bond acceptors (Lipinski definition) is 8. The molecule has 3 aromatic carbocycles. The highest BCUT2D eigenvalue weighted by Crippen LogP contribution is 2.28. The van der Waals surface area contributed by atoms with E-state index in [-0.39, 0.29) is 25.3 Å². The number of nitro benzene ring substituents is 1. The van der Waals surface area contributed by atoms with Gasteiger partial charge in [0, 0.05) is 12.1 Å². The molecule has 0 fully saturated rings. The molecule has 0 radical (unpaired) electrons. The molecule has 1 atom stereocenters. The smallest absolute Gasteiger partial charge is 0.407 e. The third kappa shape index (κ3) is 8.33. The number of non-ortho nitro benzene ring substituents is 1. The monoisotopic (exact) mass is 520 g/mol. The fourth-order valence-electron chi connectivity index (χ4n) is 3.42. The van der Waals surface area contributed by atoms with E-state index in [0.29, 0.717) is 17.1 Å². The van der Waals surface area contributed by atoms with Crippen LogP contribution < -0.4 is 20.2 Å². The Labute approximate surface area is 219 Å². The van der Waals surface area contributed by atoms with Gasteiger partial charge in [-0.15, -0.1) is 0 Å². The second-order valence-electron chi connectivity index (χ2n) is 7.95. The van der Waals surface area contributed by atoms with Gasteiger partial charge in [0.1, 0.15) is 6.61 Å². The molecule has 198 valence electrons. The van der Waals surface area contributed by atoms with Crippen LogP contribution in [0.25, 0.3) is 0 Å². The maximum atomic E-state index is 12.5. The molecular formula is C27H28N4O7. The Balaban J connectivity index is 1.58. The fraction of sp³-hybridized carbons (Fsp3) is 0.222. The van der Waals surface area contributed by atoms with Gasteiger partial charge < -0.3 is 19.5 Å². The summed E-state index contributed by atoms with van der Waals surface area (Å²) in [6.45, 7) is 2.11. The molecule has 2 amide bonds. The quantitative estimate of drug-likeness (QED) is 0.203. The zero-order valence-corrected chi connectivity index (χ0v) is 21.0. The van der Waals surface area contributed by atoms with Crippen molar-refractivity contribution in [2.24, 2.45) is 5.10 Å². The van der Waals surface area contributed by atoms with E-state index in [4.69, 9.17) is 14.2 Å². The molecular weight excluding hydrogens is 492 g/mol. The first-order valence-electron chi connectivity index (χ1n) is 11.7. The van der Waals surface area contributed by atoms with Crippen molar-refractivity contribution in [2.45, 2.75) is 26.0 Å². The second-order valence-corrected chi connectivity index (χ2v) is 7.95. The van der Waals surface area contributed by atoms with Crippen LogP contribution in [0.4, 0.5) is 10.5 Å². The number of methoxy groups -OCH3 is 1. The Morgan fingerprint density at radius 3 is 2.45 bits per heavy atom. The average Bonchev–Trinajstić information content (AvgIpc) is 2.92. The molecule has 0 spiro atoms. The number of benzene rings is 3. The topological polar surface area (TPSA) is 141 Å². The normalized spacial score (nSPS) is 11.4. The summed E-state index contributed by atoms with van der Waals surface area (Å²) in [5.74, 6) is 0.523. The second kappa shape index (κ2) is 14.0. The lowest BCUT2D eigenvalue weighted by atomic mass is 10.0. The van der Waals surface area contributed by atoms with Crippen LogP contribution in [-0.2, 0) is 16.1 Å². The number of nitro groups is 1. The molecule has 2 N–H and O–H groups in total. The van der Waals surface area contributed by atoms with E-state index < -0.39 is 23.0 Å². The molecule has 0 heterocycles. The number of ether oxygens (including phenoxy) is 3. The van der Waals surface area contributed by atoms with Crippen molar-refractivity contribution in [3.8, 4) is 11.5 Å². The molecule has 11 nitrogen and oxygen atoms in total. The minimum Gasteiger partial charge on any atom is -0.493 e. The summed E-state index contributed by atoms with van der Waals surface area (Å²) in [6, 6.07) is 19.7. The van der Waals surface area contributed by atoms with Crippen LogP contribution >= 0.6 is 0 Å². The van der Waals surface area contributed by atoms with E-state index >= 15 is 0 Å². The summed E-state index contributed by atoms with van der Waals surface area (Å²) in [5.41, 5.74) is 4.64. The number of carbonyl (C=O) groups excluding carboxylic acids is 2. The summed E-state index contributed by atoms with van der Waals surface area (Å²) in [7, 11) is 1.50. The molecule has 0 aliphatic carbocycles. The lowest BCUT2D eigenvalue weighted by Gasteiger charge is -2.18. The van der Waals surface area contributed by atoms with Crippen LogP contribution in [0.1, 0.15) is 36.1 Å². The van der Waals surface area contributed by atoms with Gasteiger partial charge in [-0.25, -0.2) is 10.2 Å². The molecule has 0 aliphatic rings. The molecule has 0 unspecified atom stereocenters. The molecule has 0 saturated heterocycles. The van der Waals surface area contributed by atoms with E-state index in [1.165, 1.54) is 25.5 Å². The third-order valence-corrected chi connectivity index (χ3v) is 5.29. The van der Waals surface area contributed by atoms with E-state index in [0.717, 1.165) is 11.1 Å². The Hall–Kier alpha value is -4.93. The number of alkyl carbamates (subject to hydrolysis) is 1. The van der Waals surface area contributed by atoms with Gasteiger partial charge in [-0.2, -0.15) is 5.10 Å². The molecule has 0 bridgehead atoms. The molecule has 11 heteroatoms. The van der Waals surface area contributed by atoms with Gasteiger partial charge in [0.15, 0.2) is 11.5 Å². The van der Waals surface area contributed by atoms with Crippen molar-refractivity contribution in [2.75, 3.05) is 13.7 Å². The zero-order chi connectivity index (χ0) is 27.3. The minimum absolute atomic E-state index is 0.00732. The average molecular weight is 521 g/mol. The van der Waals surface area contributed by atoms with Gasteiger partial charge in [-0.05, 0) is 53.9 Å². The number of hydrogen-bond donors (Lipinski definition) is 2. The molecule has 0 aliphatic heterocycles. The number of rotatable bonds is 12. The molecule has 0 aromatic heterocycles. The van der Waals surface area contributed by atoms with Crippen LogP contribution in [0.15, 0.2) is 77.9 Å². The van der Waals surface area contributed by atoms with Gasteiger partial charge in [-0.1, -0.05) is 30.3 Å². The van der Waals surface area contributed by atoms with E-state index in [2.05, 4.69) is 15.8 Å². The lowest BCUT2D eigenvalue weighted by Crippen LogP contribution is -2.33. The number of carbonyl (C=O) groups is 2. The van der Waals surface area contributed by atoms with Gasteiger partial charge >= 0.3 is 6.09 Å². The maximum Gasteiger partial charge on any atom is 0.407 e. The van der Waals surface area contributed by atoms with Crippen LogP contribution in [0.3, 0.4) is 0 Å². The Bertz CT molecular complexity index is 1260. The number of nitrogens with one attached hydrogen (secondary N) is 2. The predicted octanol–water partition coefficient (Wildman–Crippen LogP) is 4.51. The van der Waals surface area contributed by atoms with Crippen molar-refractivity contribution in [1.82, 2.24) is 10.7 Å². The summed E-state index contributed by atoms with van der Waals surface area (Å²) in [5, 5.41) is 17.5. The fourth-order valence-corrected chi connectivity index (χ4v) is 3.42. The van der Waals surface area contributed by atoms with Crippen LogP contribution in [0, 0.1) is 10.1 Å². The summed E-state index contributed by atoms with van der Waals surface area (Å²) < 4.78 is 16.1. The predicted molar refractivity (Wildman–Crippen MR) is 140 cm³/mol. The van der Waals surface area contributed by atoms with Gasteiger partial charge in [0.25, 0.3) is 5.69 Å². The largest absolute Gasteiger partial charge is 0.493 e. The Morgan fingerprint density at radius 2 is 1.79 bits per heavy atom. The summed E-state index contributed by atoms with van der Waals surface area (Å²) >= 11 is 0. The molecule has 3 rings (SSSR count). The van der Waals surface area contributed by atoms with Crippen LogP contribution in [0.5, 0.6) is 11.5 Å². The minimum atomic E-state index is -0.611. The van der Waals surface area contributed by atoms with Crippen molar-refractivity contribution in [3.63, 3.8) is 0 Å². The lowest BCUT2D eigenvalue weighted by molar-refractivity contribution is -0.384. The highest BCUT2D eigenvalue weighted by molar-refractivity contribution is 5.83. The zero-order valence-electron chi connectivity index (χ0n) is 21.0. The van der Waals surface area contributed by atoms with Crippen molar-refractivity contribution < 1.29 is 28.7 Å². The number of amides is 2. The Morgan fingerprint density at radius 1 is 1.05 bits per heavy atom. The van der Waals surface area contributed by atoms with E-state index in [1.54, 1.807) is 37.3 Å². The molecule has 0 saturated carbocycles. The van der Waals surface area contributed by atoms with Crippen molar-refractivity contribution in [3.05, 3.63) is 99.6 Å². The summed E-state index contributed by atoms with van der Waals surface area (Å²) in [6.07, 6.45) is 0.802. The highest BCUT2D eigenvalue weighted by atomic mass is 16.6. The maximum absolute atomic E-state index is 12.5. The SMILES string of the molecule is CCOC(=O)N[C@@H](CC(=O)N/N=C\c1ccc(OCc2ccc([N+](=O)[O-])cc2)c(OC)c1)c1ccccc1. The molecule has 3 aromatic rings. The van der Waals surface area contributed by atoms with Crippen LogP contribution in [-0.4, -0.2) is 36.9 Å². The van der Waals surface area contributed by atoms with Crippen LogP contribution in [0.2, 0.25) is 0 Å². The van der Waals surface area contributed by atoms with Gasteiger partial charge in [0.2, 0.25) is 5.91 Å². The highest BCUT2D eigenvalue weighted by Gasteiger charge is 2.19. The number of hydrazone groups is 1. The first-order chi connectivity index (χ1) is 18.4. The van der Waals surface area contributed by atoms with E-state index in [9.17, 15) is 19.7 Å². The van der Waals surface area contributed by atoms with Crippen molar-refractivity contribution >= 4 is 23.9 Å². The van der Waals surface area contributed by atoms with E-state index in [1.807, 2.05) is 30.3 Å². The molecule has 38 heavy (non-hydrogen) atoms. The first kappa shape index (κ1) is 27.7. The van der Waals surface area contributed by atoms with Gasteiger partial charge in [0.05, 0.1) is 37.3 Å². The third-order valence-electron chi connectivity index (χ3n) is 5.29. The van der Waals surface area contributed by atoms with Crippen molar-refractivity contribution in [1.29, 1.82) is 0 Å². The standard InChI is InChI=1S/C27H28N4O7/c1-3-37-27(33)29-23(21-7-5-4-6-8-21)16-26(32)30-28-17-20-11-14-24(25(15-20)36-2)38-18-19-9-12-22(13-10-19)31(34)35/h4-15,17,23H,3,16,18H2,1-2H3,(H,29,33)(H,30,32)/b28-17-/t23-/m0/s1. The first-order valence-corrected chi connectivity index (χ1v) is 11.7. The number of nitrogens with zero attached hydrogens (tertiary/aromatic N) is 2.